The fourth-order valence-electron chi connectivity index (χ4n) is 2.76. The molecule has 2 aromatic heterocycles. The number of anilines is 2. The van der Waals surface area contributed by atoms with Crippen LogP contribution >= 0.6 is 0 Å². The third-order valence-electron chi connectivity index (χ3n) is 3.92. The number of carbonyl (C=O) groups excluding carboxylic acids is 1. The predicted octanol–water partition coefficient (Wildman–Crippen LogP) is 4.32. The summed E-state index contributed by atoms with van der Waals surface area (Å²) in [7, 11) is 0. The molecule has 0 aliphatic heterocycles. The average Bonchev–Trinajstić information content (AvgIpc) is 2.91. The molecule has 0 aliphatic carbocycles. The van der Waals surface area contributed by atoms with Gasteiger partial charge in [-0.15, -0.1) is 0 Å². The summed E-state index contributed by atoms with van der Waals surface area (Å²) in [5, 5.41) is 3.84. The van der Waals surface area contributed by atoms with Crippen molar-refractivity contribution in [1.82, 2.24) is 9.97 Å². The Morgan fingerprint density at radius 1 is 1.24 bits per heavy atom. The summed E-state index contributed by atoms with van der Waals surface area (Å²) in [6.07, 6.45) is 0.937. The number of furan rings is 1. The van der Waals surface area contributed by atoms with Crippen molar-refractivity contribution in [2.24, 2.45) is 0 Å². The second kappa shape index (κ2) is 6.93. The molecule has 1 aromatic carbocycles. The number of ether oxygens (including phenoxy) is 1. The molecule has 0 aliphatic rings. The Morgan fingerprint density at radius 3 is 2.76 bits per heavy atom. The van der Waals surface area contributed by atoms with Crippen molar-refractivity contribution < 1.29 is 13.9 Å². The first-order valence-electron chi connectivity index (χ1n) is 8.34. The molecule has 0 saturated heterocycles. The topological polar surface area (TPSA) is 77.2 Å². The van der Waals surface area contributed by atoms with Crippen LogP contribution in [0.25, 0.3) is 11.1 Å². The minimum atomic E-state index is -0.434. The number of hydrogen-bond donors (Lipinski definition) is 1. The normalized spacial score (nSPS) is 10.9. The molecule has 0 radical (unpaired) electrons. The van der Waals surface area contributed by atoms with E-state index >= 15 is 0 Å². The highest BCUT2D eigenvalue weighted by Crippen LogP contribution is 2.32. The maximum Gasteiger partial charge on any atom is 0.342 e. The van der Waals surface area contributed by atoms with E-state index in [-0.39, 0.29) is 0 Å². The summed E-state index contributed by atoms with van der Waals surface area (Å²) < 4.78 is 10.8. The second-order valence-corrected chi connectivity index (χ2v) is 5.73. The molecule has 25 heavy (non-hydrogen) atoms. The molecular weight excluding hydrogens is 318 g/mol. The minimum absolute atomic E-state index is 0.291. The lowest BCUT2D eigenvalue weighted by molar-refractivity contribution is 0.0526. The van der Waals surface area contributed by atoms with Crippen LogP contribution in [0.15, 0.2) is 28.7 Å². The number of nitrogens with zero attached hydrogens (tertiary/aromatic N) is 2. The van der Waals surface area contributed by atoms with Gasteiger partial charge in [0, 0.05) is 5.69 Å². The number of esters is 1. The predicted molar refractivity (Wildman–Crippen MR) is 96.3 cm³/mol. The summed E-state index contributed by atoms with van der Waals surface area (Å²) in [6, 6.07) is 8.07. The summed E-state index contributed by atoms with van der Waals surface area (Å²) in [5.41, 5.74) is 2.85. The number of aryl methyl sites for hydroxylation is 3. The first-order valence-corrected chi connectivity index (χ1v) is 8.34. The molecule has 0 atom stereocenters. The van der Waals surface area contributed by atoms with Crippen molar-refractivity contribution in [3.63, 3.8) is 0 Å². The molecular formula is C19H21N3O3. The van der Waals surface area contributed by atoms with Gasteiger partial charge in [0.15, 0.2) is 0 Å². The van der Waals surface area contributed by atoms with E-state index in [9.17, 15) is 4.79 Å². The van der Waals surface area contributed by atoms with E-state index < -0.39 is 5.97 Å². The maximum absolute atomic E-state index is 12.4. The van der Waals surface area contributed by atoms with Crippen LogP contribution in [0.4, 0.5) is 11.5 Å². The van der Waals surface area contributed by atoms with Gasteiger partial charge in [-0.05, 0) is 44.9 Å². The first kappa shape index (κ1) is 17.0. The monoisotopic (exact) mass is 339 g/mol. The molecule has 3 aromatic rings. The van der Waals surface area contributed by atoms with Crippen LogP contribution in [0.3, 0.4) is 0 Å². The Balaban J connectivity index is 2.14. The zero-order valence-electron chi connectivity index (χ0n) is 14.8. The van der Waals surface area contributed by atoms with E-state index in [2.05, 4.69) is 34.3 Å². The minimum Gasteiger partial charge on any atom is -0.462 e. The van der Waals surface area contributed by atoms with Crippen molar-refractivity contribution in [2.75, 3.05) is 11.9 Å². The highest BCUT2D eigenvalue weighted by Gasteiger charge is 2.24. The number of benzene rings is 1. The van der Waals surface area contributed by atoms with Crippen molar-refractivity contribution >= 4 is 28.6 Å². The fourth-order valence-corrected chi connectivity index (χ4v) is 2.76. The van der Waals surface area contributed by atoms with Crippen molar-refractivity contribution in [1.29, 1.82) is 0 Å². The van der Waals surface area contributed by atoms with E-state index in [1.807, 2.05) is 12.1 Å². The van der Waals surface area contributed by atoms with Crippen molar-refractivity contribution in [2.45, 2.75) is 34.1 Å². The van der Waals surface area contributed by atoms with E-state index in [0.717, 1.165) is 12.1 Å². The SMILES string of the molecule is CCOC(=O)c1c(C)oc2nc(C)nc(Nc3cccc(CC)c3)c12. The summed E-state index contributed by atoms with van der Waals surface area (Å²) in [4.78, 5) is 21.2. The largest absolute Gasteiger partial charge is 0.462 e. The highest BCUT2D eigenvalue weighted by atomic mass is 16.5. The highest BCUT2D eigenvalue weighted by molar-refractivity contribution is 6.08. The molecule has 3 rings (SSSR count). The summed E-state index contributed by atoms with van der Waals surface area (Å²) in [5.74, 6) is 1.14. The van der Waals surface area contributed by atoms with Crippen LogP contribution in [-0.2, 0) is 11.2 Å². The van der Waals surface area contributed by atoms with E-state index in [4.69, 9.17) is 9.15 Å². The Kier molecular flexibility index (Phi) is 4.70. The molecule has 0 unspecified atom stereocenters. The molecule has 0 amide bonds. The lowest BCUT2D eigenvalue weighted by Gasteiger charge is -2.09. The Hall–Kier alpha value is -2.89. The molecule has 0 spiro atoms. The van der Waals surface area contributed by atoms with Gasteiger partial charge in [-0.1, -0.05) is 19.1 Å². The van der Waals surface area contributed by atoms with E-state index in [1.165, 1.54) is 5.56 Å². The van der Waals surface area contributed by atoms with Gasteiger partial charge in [0.25, 0.3) is 0 Å². The van der Waals surface area contributed by atoms with Crippen LogP contribution in [-0.4, -0.2) is 22.5 Å². The number of hydrogen-bond acceptors (Lipinski definition) is 6. The van der Waals surface area contributed by atoms with Crippen molar-refractivity contribution in [3.8, 4) is 0 Å². The van der Waals surface area contributed by atoms with Gasteiger partial charge in [0.1, 0.15) is 23.0 Å². The lowest BCUT2D eigenvalue weighted by atomic mass is 10.1. The fraction of sp³-hybridized carbons (Fsp3) is 0.316. The molecule has 1 N–H and O–H groups in total. The Morgan fingerprint density at radius 2 is 2.04 bits per heavy atom. The van der Waals surface area contributed by atoms with E-state index in [1.54, 1.807) is 20.8 Å². The van der Waals surface area contributed by atoms with Gasteiger partial charge in [0.05, 0.1) is 12.0 Å². The lowest BCUT2D eigenvalue weighted by Crippen LogP contribution is -2.07. The third-order valence-corrected chi connectivity index (χ3v) is 3.92. The van der Waals surface area contributed by atoms with Gasteiger partial charge < -0.3 is 14.5 Å². The van der Waals surface area contributed by atoms with Crippen molar-refractivity contribution in [3.05, 3.63) is 47.0 Å². The standard InChI is InChI=1S/C19H21N3O3/c1-5-13-8-7-9-14(10-13)22-17-16-15(19(23)24-6-2)11(3)25-18(16)21-12(4)20-17/h7-10H,5-6H2,1-4H3,(H,20,21,22). The van der Waals surface area contributed by atoms with Gasteiger partial charge in [-0.25, -0.2) is 9.78 Å². The van der Waals surface area contributed by atoms with Crippen LogP contribution in [0.2, 0.25) is 0 Å². The zero-order chi connectivity index (χ0) is 18.0. The van der Waals surface area contributed by atoms with Crippen LogP contribution in [0, 0.1) is 13.8 Å². The summed E-state index contributed by atoms with van der Waals surface area (Å²) in [6.45, 7) is 7.68. The smallest absolute Gasteiger partial charge is 0.342 e. The number of fused-ring (bicyclic) bond motifs is 1. The quantitative estimate of drug-likeness (QED) is 0.698. The molecule has 130 valence electrons. The first-order chi connectivity index (χ1) is 12.0. The maximum atomic E-state index is 12.4. The number of carbonyl (C=O) groups is 1. The van der Waals surface area contributed by atoms with Crippen LogP contribution in [0.1, 0.15) is 41.4 Å². The van der Waals surface area contributed by atoms with Crippen LogP contribution < -0.4 is 5.32 Å². The zero-order valence-corrected chi connectivity index (χ0v) is 14.8. The second-order valence-electron chi connectivity index (χ2n) is 5.73. The molecule has 0 bridgehead atoms. The molecule has 2 heterocycles. The molecule has 6 heteroatoms. The molecule has 0 saturated carbocycles. The third kappa shape index (κ3) is 3.33. The average molecular weight is 339 g/mol. The van der Waals surface area contributed by atoms with Gasteiger partial charge >= 0.3 is 5.97 Å². The summed E-state index contributed by atoms with van der Waals surface area (Å²) >= 11 is 0. The van der Waals surface area contributed by atoms with Gasteiger partial charge in [-0.2, -0.15) is 4.98 Å². The number of aromatic nitrogens is 2. The van der Waals surface area contributed by atoms with E-state index in [0.29, 0.717) is 40.7 Å². The van der Waals surface area contributed by atoms with Gasteiger partial charge in [-0.3, -0.25) is 0 Å². The number of rotatable bonds is 5. The number of nitrogens with one attached hydrogen (secondary N) is 1. The van der Waals surface area contributed by atoms with Crippen LogP contribution in [0.5, 0.6) is 0 Å². The van der Waals surface area contributed by atoms with Gasteiger partial charge in [0.2, 0.25) is 5.71 Å². The molecule has 0 fully saturated rings. The Labute approximate surface area is 146 Å². The molecule has 6 nitrogen and oxygen atoms in total. The Bertz CT molecular complexity index is 931.